The third-order valence-electron chi connectivity index (χ3n) is 1.23. The highest BCUT2D eigenvalue weighted by Gasteiger charge is 2.23. The van der Waals surface area contributed by atoms with Gasteiger partial charge in [-0.1, -0.05) is 6.58 Å². The fourth-order valence-corrected chi connectivity index (χ4v) is 1.76. The number of carboxylic acids is 1. The molecule has 0 saturated carbocycles. The predicted octanol–water partition coefficient (Wildman–Crippen LogP) is 2.85. The van der Waals surface area contributed by atoms with Gasteiger partial charge in [0.25, 0.3) is 0 Å². The Morgan fingerprint density at radius 2 is 1.35 bits per heavy atom. The van der Waals surface area contributed by atoms with Crippen LogP contribution in [0.3, 0.4) is 0 Å². The molecule has 0 fully saturated rings. The van der Waals surface area contributed by atoms with E-state index in [1.807, 2.05) is 0 Å². The van der Waals surface area contributed by atoms with Crippen molar-refractivity contribution in [3.05, 3.63) is 12.2 Å². The summed E-state index contributed by atoms with van der Waals surface area (Å²) < 4.78 is 25.8. The van der Waals surface area contributed by atoms with Crippen LogP contribution in [-0.4, -0.2) is 30.9 Å². The van der Waals surface area contributed by atoms with Crippen molar-refractivity contribution in [2.24, 2.45) is 0 Å². The second-order valence-electron chi connectivity index (χ2n) is 2.79. The zero-order valence-corrected chi connectivity index (χ0v) is 11.7. The van der Waals surface area contributed by atoms with Crippen molar-refractivity contribution in [3.8, 4) is 0 Å². The Morgan fingerprint density at radius 1 is 1.12 bits per heavy atom. The Morgan fingerprint density at radius 3 is 1.47 bits per heavy atom. The topological polar surface area (TPSA) is 82.1 Å². The third kappa shape index (κ3) is 11.6. The van der Waals surface area contributed by atoms with E-state index in [2.05, 4.69) is 6.58 Å². The number of hydrogen-bond acceptors (Lipinski definition) is 5. The number of hydrogen-bond donors (Lipinski definition) is 1. The molecule has 0 aromatic heterocycles. The van der Waals surface area contributed by atoms with E-state index in [0.29, 0.717) is 19.8 Å². The number of rotatable bonds is 7. The molecule has 0 amide bonds. The van der Waals surface area contributed by atoms with Crippen LogP contribution in [0.2, 0.25) is 0 Å². The maximum atomic E-state index is 11.3. The van der Waals surface area contributed by atoms with E-state index in [4.69, 9.17) is 18.7 Å². The summed E-state index contributed by atoms with van der Waals surface area (Å²) in [7, 11) is -3.22. The summed E-state index contributed by atoms with van der Waals surface area (Å²) in [5.41, 5.74) is 0.176. The van der Waals surface area contributed by atoms with Crippen LogP contribution < -0.4 is 0 Å². The Bertz CT molecular complexity index is 240. The molecule has 17 heavy (non-hydrogen) atoms. The monoisotopic (exact) mass is 268 g/mol. The highest BCUT2D eigenvalue weighted by molar-refractivity contribution is 7.48. The minimum atomic E-state index is -3.22. The molecule has 102 valence electrons. The SMILES string of the molecule is C=C(C)C(=O)O.CCOP(=O)(OCC)OCC. The first-order valence-electron chi connectivity index (χ1n) is 5.25. The van der Waals surface area contributed by atoms with Gasteiger partial charge in [0.2, 0.25) is 0 Å². The van der Waals surface area contributed by atoms with Crippen LogP contribution in [0.4, 0.5) is 0 Å². The predicted molar refractivity (Wildman–Crippen MR) is 64.9 cm³/mol. The normalized spacial score (nSPS) is 10.4. The second kappa shape index (κ2) is 10.5. The van der Waals surface area contributed by atoms with Gasteiger partial charge >= 0.3 is 13.8 Å². The minimum absolute atomic E-state index is 0.176. The molecular weight excluding hydrogens is 247 g/mol. The molecule has 0 aliphatic carbocycles. The Labute approximate surface area is 102 Å². The Hall–Kier alpha value is -0.680. The number of aliphatic carboxylic acids is 1. The van der Waals surface area contributed by atoms with Crippen molar-refractivity contribution in [1.29, 1.82) is 0 Å². The molecule has 0 rings (SSSR count). The molecule has 0 spiro atoms. The summed E-state index contributed by atoms with van der Waals surface area (Å²) in [5, 5.41) is 7.89. The van der Waals surface area contributed by atoms with Crippen LogP contribution in [-0.2, 0) is 22.9 Å². The quantitative estimate of drug-likeness (QED) is 0.564. The molecule has 7 heteroatoms. The summed E-state index contributed by atoms with van der Waals surface area (Å²) in [6.07, 6.45) is 0. The number of phosphoric ester groups is 1. The smallest absolute Gasteiger partial charge is 0.474 e. The zero-order chi connectivity index (χ0) is 13.9. The third-order valence-corrected chi connectivity index (χ3v) is 2.95. The van der Waals surface area contributed by atoms with E-state index in [-0.39, 0.29) is 5.57 Å². The molecule has 0 atom stereocenters. The van der Waals surface area contributed by atoms with E-state index < -0.39 is 13.8 Å². The molecule has 0 radical (unpaired) electrons. The largest absolute Gasteiger partial charge is 0.478 e. The van der Waals surface area contributed by atoms with Crippen molar-refractivity contribution < 1.29 is 28.0 Å². The molecule has 1 N–H and O–H groups in total. The van der Waals surface area contributed by atoms with Gasteiger partial charge < -0.3 is 5.11 Å². The fourth-order valence-electron chi connectivity index (χ4n) is 0.586. The van der Waals surface area contributed by atoms with Gasteiger partial charge in [0.1, 0.15) is 0 Å². The summed E-state index contributed by atoms with van der Waals surface area (Å²) in [4.78, 5) is 9.60. The number of phosphoric acid groups is 1. The Kier molecular flexibility index (Phi) is 11.5. The molecule has 0 unspecified atom stereocenters. The van der Waals surface area contributed by atoms with Crippen molar-refractivity contribution >= 4 is 13.8 Å². The molecule has 0 bridgehead atoms. The molecule has 0 saturated heterocycles. The first-order valence-corrected chi connectivity index (χ1v) is 6.71. The van der Waals surface area contributed by atoms with Crippen LogP contribution >= 0.6 is 7.82 Å². The molecule has 0 aromatic carbocycles. The lowest BCUT2D eigenvalue weighted by Gasteiger charge is -2.14. The molecule has 0 aromatic rings. The summed E-state index contributed by atoms with van der Waals surface area (Å²) in [6, 6.07) is 0. The molecule has 6 nitrogen and oxygen atoms in total. The first-order chi connectivity index (χ1) is 7.82. The van der Waals surface area contributed by atoms with Gasteiger partial charge in [-0.25, -0.2) is 9.36 Å². The van der Waals surface area contributed by atoms with Gasteiger partial charge in [-0.3, -0.25) is 13.6 Å². The van der Waals surface area contributed by atoms with E-state index in [1.165, 1.54) is 6.92 Å². The van der Waals surface area contributed by atoms with Gasteiger partial charge in [0.15, 0.2) is 0 Å². The van der Waals surface area contributed by atoms with Crippen molar-refractivity contribution in [1.82, 2.24) is 0 Å². The molecule has 0 aliphatic heterocycles. The van der Waals surface area contributed by atoms with Crippen molar-refractivity contribution in [3.63, 3.8) is 0 Å². The van der Waals surface area contributed by atoms with Crippen LogP contribution in [0.25, 0.3) is 0 Å². The molecular formula is C10H21O6P. The average molecular weight is 268 g/mol. The van der Waals surface area contributed by atoms with Crippen LogP contribution in [0.1, 0.15) is 27.7 Å². The minimum Gasteiger partial charge on any atom is -0.478 e. The zero-order valence-electron chi connectivity index (χ0n) is 10.8. The highest BCUT2D eigenvalue weighted by Crippen LogP contribution is 2.48. The van der Waals surface area contributed by atoms with E-state index >= 15 is 0 Å². The lowest BCUT2D eigenvalue weighted by Crippen LogP contribution is -1.99. The second-order valence-corrected chi connectivity index (χ2v) is 4.46. The van der Waals surface area contributed by atoms with Crippen LogP contribution in [0.5, 0.6) is 0 Å². The molecule has 0 aliphatic rings. The standard InChI is InChI=1S/C6H15O4P.C4H6O2/c1-4-8-11(7,9-5-2)10-6-3;1-3(2)4(5)6/h4-6H2,1-3H3;1H2,2H3,(H,5,6). The molecule has 0 heterocycles. The Balaban J connectivity index is 0. The van der Waals surface area contributed by atoms with E-state index in [1.54, 1.807) is 20.8 Å². The maximum Gasteiger partial charge on any atom is 0.474 e. The number of carbonyl (C=O) groups is 1. The van der Waals surface area contributed by atoms with Gasteiger partial charge in [0.05, 0.1) is 19.8 Å². The van der Waals surface area contributed by atoms with Gasteiger partial charge in [-0.2, -0.15) is 0 Å². The summed E-state index contributed by atoms with van der Waals surface area (Å²) in [6.45, 7) is 10.8. The fraction of sp³-hybridized carbons (Fsp3) is 0.700. The van der Waals surface area contributed by atoms with Gasteiger partial charge in [0, 0.05) is 5.57 Å². The maximum absolute atomic E-state index is 11.3. The lowest BCUT2D eigenvalue weighted by molar-refractivity contribution is -0.132. The van der Waals surface area contributed by atoms with Crippen LogP contribution in [0, 0.1) is 0 Å². The average Bonchev–Trinajstić information content (AvgIpc) is 2.19. The van der Waals surface area contributed by atoms with Gasteiger partial charge in [-0.05, 0) is 27.7 Å². The van der Waals surface area contributed by atoms with Crippen molar-refractivity contribution in [2.75, 3.05) is 19.8 Å². The summed E-state index contributed by atoms with van der Waals surface area (Å²) in [5.74, 6) is -0.935. The lowest BCUT2D eigenvalue weighted by atomic mass is 10.4. The number of carboxylic acid groups (broad SMARTS) is 1. The van der Waals surface area contributed by atoms with Crippen molar-refractivity contribution in [2.45, 2.75) is 27.7 Å². The van der Waals surface area contributed by atoms with Gasteiger partial charge in [-0.15, -0.1) is 0 Å². The van der Waals surface area contributed by atoms with E-state index in [9.17, 15) is 9.36 Å². The van der Waals surface area contributed by atoms with E-state index in [0.717, 1.165) is 0 Å². The summed E-state index contributed by atoms with van der Waals surface area (Å²) >= 11 is 0. The van der Waals surface area contributed by atoms with Crippen LogP contribution in [0.15, 0.2) is 12.2 Å². The highest BCUT2D eigenvalue weighted by atomic mass is 31.2. The first kappa shape index (κ1) is 18.7.